The summed E-state index contributed by atoms with van der Waals surface area (Å²) < 4.78 is 69.0. The van der Waals surface area contributed by atoms with Crippen molar-refractivity contribution in [3.63, 3.8) is 0 Å². The predicted octanol–water partition coefficient (Wildman–Crippen LogP) is 26.6. The molecule has 2 unspecified atom stereocenters. The smallest absolute Gasteiger partial charge is 0.462 e. The third-order valence-electron chi connectivity index (χ3n) is 20.5. The van der Waals surface area contributed by atoms with Crippen molar-refractivity contribution >= 4 is 39.5 Å². The molecule has 0 spiro atoms. The second-order valence-corrected chi connectivity index (χ2v) is 35.1. The fourth-order valence-electron chi connectivity index (χ4n) is 13.6. The lowest BCUT2D eigenvalue weighted by Crippen LogP contribution is -2.30. The zero-order valence-corrected chi connectivity index (χ0v) is 71.5. The van der Waals surface area contributed by atoms with Crippen molar-refractivity contribution in [1.29, 1.82) is 0 Å². The molecule has 0 rings (SSSR count). The van der Waals surface area contributed by atoms with Crippen LogP contribution in [0, 0.1) is 11.8 Å². The highest BCUT2D eigenvalue weighted by molar-refractivity contribution is 7.47. The van der Waals surface area contributed by atoms with Crippen LogP contribution in [-0.4, -0.2) is 96.7 Å². The van der Waals surface area contributed by atoms with E-state index in [0.717, 1.165) is 102 Å². The van der Waals surface area contributed by atoms with Crippen LogP contribution in [0.15, 0.2) is 0 Å². The number of ether oxygens (including phenoxy) is 4. The minimum absolute atomic E-state index is 0.108. The van der Waals surface area contributed by atoms with E-state index < -0.39 is 97.5 Å². The van der Waals surface area contributed by atoms with E-state index in [1.807, 2.05) is 0 Å². The van der Waals surface area contributed by atoms with Gasteiger partial charge in [-0.2, -0.15) is 0 Å². The topological polar surface area (TPSA) is 237 Å². The quantitative estimate of drug-likeness (QED) is 0.0222. The highest BCUT2D eigenvalue weighted by atomic mass is 31.2. The van der Waals surface area contributed by atoms with Crippen molar-refractivity contribution in [3.8, 4) is 0 Å². The Morgan fingerprint density at radius 3 is 0.642 bits per heavy atom. The van der Waals surface area contributed by atoms with Crippen LogP contribution in [0.2, 0.25) is 0 Å². The van der Waals surface area contributed by atoms with Crippen LogP contribution in [0.4, 0.5) is 0 Å². The molecule has 630 valence electrons. The summed E-state index contributed by atoms with van der Waals surface area (Å²) >= 11 is 0. The Morgan fingerprint density at radius 2 is 0.434 bits per heavy atom. The van der Waals surface area contributed by atoms with Gasteiger partial charge < -0.3 is 33.8 Å². The third-order valence-corrected chi connectivity index (χ3v) is 22.4. The first kappa shape index (κ1) is 104. The highest BCUT2D eigenvalue weighted by Gasteiger charge is 2.30. The Balaban J connectivity index is 5.25. The molecule has 17 nitrogen and oxygen atoms in total. The van der Waals surface area contributed by atoms with E-state index in [2.05, 4.69) is 41.5 Å². The van der Waals surface area contributed by atoms with Gasteiger partial charge in [-0.3, -0.25) is 37.3 Å². The van der Waals surface area contributed by atoms with E-state index in [9.17, 15) is 43.2 Å². The van der Waals surface area contributed by atoms with Gasteiger partial charge in [0, 0.05) is 25.7 Å². The number of phosphoric acid groups is 2. The monoisotopic (exact) mass is 1550 g/mol. The minimum atomic E-state index is -4.97. The maximum absolute atomic E-state index is 13.2. The van der Waals surface area contributed by atoms with Crippen LogP contribution >= 0.6 is 15.6 Å². The van der Waals surface area contributed by atoms with Crippen molar-refractivity contribution in [3.05, 3.63) is 0 Å². The number of esters is 4. The Kier molecular flexibility index (Phi) is 76.9. The maximum atomic E-state index is 13.2. The first-order valence-electron chi connectivity index (χ1n) is 45.0. The molecule has 0 aromatic heterocycles. The van der Waals surface area contributed by atoms with Crippen LogP contribution in [0.25, 0.3) is 0 Å². The van der Waals surface area contributed by atoms with E-state index in [-0.39, 0.29) is 25.7 Å². The Hall–Kier alpha value is -1.94. The molecule has 0 radical (unpaired) electrons. The second kappa shape index (κ2) is 78.3. The lowest BCUT2D eigenvalue weighted by Gasteiger charge is -2.21. The summed E-state index contributed by atoms with van der Waals surface area (Å²) in [5.41, 5.74) is 0. The van der Waals surface area contributed by atoms with Crippen molar-refractivity contribution in [1.82, 2.24) is 0 Å². The number of aliphatic hydroxyl groups is 1. The normalized spacial score (nSPS) is 13.8. The van der Waals surface area contributed by atoms with Gasteiger partial charge in [0.1, 0.15) is 19.3 Å². The molecule has 5 atom stereocenters. The van der Waals surface area contributed by atoms with E-state index in [4.69, 9.17) is 37.0 Å². The Labute approximate surface area is 651 Å². The molecular weight excluding hydrogens is 1380 g/mol. The van der Waals surface area contributed by atoms with Gasteiger partial charge in [-0.05, 0) is 37.5 Å². The average Bonchev–Trinajstić information content (AvgIpc) is 0.901. The molecule has 0 aromatic carbocycles. The number of unbranched alkanes of at least 4 members (excludes halogenated alkanes) is 56. The fourth-order valence-corrected chi connectivity index (χ4v) is 15.2. The van der Waals surface area contributed by atoms with Crippen LogP contribution in [0.1, 0.15) is 465 Å². The summed E-state index contributed by atoms with van der Waals surface area (Å²) in [6.45, 7) is 9.70. The largest absolute Gasteiger partial charge is 0.472 e. The molecule has 0 fully saturated rings. The Morgan fingerprint density at radius 1 is 0.255 bits per heavy atom. The standard InChI is InChI=1S/C87H170O17P2/c1-7-9-11-13-15-17-19-21-23-27-32-35-39-45-51-57-63-69-84(89)97-75-82(103-86(91)72-66-60-54-47-41-37-33-29-26-25-28-30-34-38-43-49-55-61-67-79(3)4)77-101-105(93,94)99-73-81(88)74-100-106(95,96)102-78-83(76-98-85(90)70-64-58-52-48-42-44-50-56-62-68-80(5)6)104-87(92)71-65-59-53-46-40-36-31-24-22-20-18-16-14-12-10-8-2/h79-83,88H,7-78H2,1-6H3,(H,93,94)(H,95,96)/t81-,82-,83-/m1/s1. The molecule has 0 saturated carbocycles. The van der Waals surface area contributed by atoms with Gasteiger partial charge in [0.2, 0.25) is 0 Å². The number of rotatable bonds is 86. The summed E-state index contributed by atoms with van der Waals surface area (Å²) in [7, 11) is -9.93. The highest BCUT2D eigenvalue weighted by Crippen LogP contribution is 2.45. The van der Waals surface area contributed by atoms with Gasteiger partial charge in [-0.15, -0.1) is 0 Å². The van der Waals surface area contributed by atoms with Gasteiger partial charge >= 0.3 is 39.5 Å². The van der Waals surface area contributed by atoms with Crippen molar-refractivity contribution in [2.24, 2.45) is 11.8 Å². The second-order valence-electron chi connectivity index (χ2n) is 32.2. The number of aliphatic hydroxyl groups excluding tert-OH is 1. The molecule has 0 aliphatic rings. The SMILES string of the molecule is CCCCCCCCCCCCCCCCCCCC(=O)OC[C@H](COP(=O)(O)OC[C@@H](O)COP(=O)(O)OC[C@@H](COC(=O)CCCCCCCCCCCC(C)C)OC(=O)CCCCCCCCCCCCCCCCCC)OC(=O)CCCCCCCCCCCCCCCCCCCCC(C)C. The summed E-state index contributed by atoms with van der Waals surface area (Å²) in [6, 6.07) is 0. The van der Waals surface area contributed by atoms with E-state index in [0.29, 0.717) is 25.7 Å². The van der Waals surface area contributed by atoms with Crippen molar-refractivity contribution in [2.45, 2.75) is 484 Å². The Bertz CT molecular complexity index is 2030. The van der Waals surface area contributed by atoms with Crippen LogP contribution in [0.3, 0.4) is 0 Å². The van der Waals surface area contributed by atoms with Crippen LogP contribution < -0.4 is 0 Å². The predicted molar refractivity (Wildman–Crippen MR) is 437 cm³/mol. The van der Waals surface area contributed by atoms with Crippen molar-refractivity contribution < 1.29 is 80.2 Å². The van der Waals surface area contributed by atoms with Gasteiger partial charge in [0.15, 0.2) is 12.2 Å². The van der Waals surface area contributed by atoms with E-state index in [1.54, 1.807) is 0 Å². The fraction of sp³-hybridized carbons (Fsp3) is 0.954. The summed E-state index contributed by atoms with van der Waals surface area (Å²) in [5, 5.41) is 10.7. The molecule has 3 N–H and O–H groups in total. The number of hydrogen-bond acceptors (Lipinski definition) is 15. The summed E-state index contributed by atoms with van der Waals surface area (Å²) in [6.07, 6.45) is 70.8. The first-order chi connectivity index (χ1) is 51.4. The molecule has 0 aromatic rings. The van der Waals surface area contributed by atoms with E-state index in [1.165, 1.54) is 283 Å². The summed E-state index contributed by atoms with van der Waals surface area (Å²) in [5.74, 6) is -0.535. The molecule has 0 saturated heterocycles. The zero-order valence-electron chi connectivity index (χ0n) is 69.7. The third kappa shape index (κ3) is 80.1. The molecular formula is C87H170O17P2. The first-order valence-corrected chi connectivity index (χ1v) is 48.0. The molecule has 0 aliphatic carbocycles. The molecule has 19 heteroatoms. The average molecular weight is 1550 g/mol. The molecule has 0 amide bonds. The maximum Gasteiger partial charge on any atom is 0.472 e. The number of carbonyl (C=O) groups is 4. The molecule has 0 aliphatic heterocycles. The van der Waals surface area contributed by atoms with Gasteiger partial charge in [0.25, 0.3) is 0 Å². The zero-order chi connectivity index (χ0) is 77.8. The van der Waals surface area contributed by atoms with Gasteiger partial charge in [0.05, 0.1) is 26.4 Å². The molecule has 106 heavy (non-hydrogen) atoms. The van der Waals surface area contributed by atoms with Crippen LogP contribution in [0.5, 0.6) is 0 Å². The van der Waals surface area contributed by atoms with Crippen LogP contribution in [-0.2, 0) is 65.4 Å². The van der Waals surface area contributed by atoms with Gasteiger partial charge in [-0.1, -0.05) is 414 Å². The van der Waals surface area contributed by atoms with Gasteiger partial charge in [-0.25, -0.2) is 9.13 Å². The lowest BCUT2D eigenvalue weighted by molar-refractivity contribution is -0.161. The number of hydrogen-bond donors (Lipinski definition) is 3. The summed E-state index contributed by atoms with van der Waals surface area (Å²) in [4.78, 5) is 73.3. The minimum Gasteiger partial charge on any atom is -0.462 e. The van der Waals surface area contributed by atoms with Crippen molar-refractivity contribution in [2.75, 3.05) is 39.6 Å². The van der Waals surface area contributed by atoms with E-state index >= 15 is 0 Å². The number of phosphoric ester groups is 2. The number of carbonyl (C=O) groups excluding carboxylic acids is 4. The molecule has 0 heterocycles. The lowest BCUT2D eigenvalue weighted by atomic mass is 10.0. The molecule has 0 bridgehead atoms.